The van der Waals surface area contributed by atoms with Gasteiger partial charge in [-0.15, -0.1) is 0 Å². The zero-order valence-electron chi connectivity index (χ0n) is 36.5. The summed E-state index contributed by atoms with van der Waals surface area (Å²) in [6.45, 7) is 4.18. The maximum absolute atomic E-state index is 13.7. The molecule has 0 spiro atoms. The number of amides is 8. The van der Waals surface area contributed by atoms with Crippen molar-refractivity contribution >= 4 is 95.4 Å². The van der Waals surface area contributed by atoms with Gasteiger partial charge in [-0.3, -0.25) is 43.2 Å². The Morgan fingerprint density at radius 2 is 1.18 bits per heavy atom. The Bertz CT molecular complexity index is 2260. The summed E-state index contributed by atoms with van der Waals surface area (Å²) in [5.41, 5.74) is 13.3. The van der Waals surface area contributed by atoms with Gasteiger partial charge in [0.25, 0.3) is 0 Å². The monoisotopic (exact) mass is 976 g/mol. The molecule has 8 amide bonds. The summed E-state index contributed by atoms with van der Waals surface area (Å²) in [5, 5.41) is 46.5. The maximum atomic E-state index is 13.7. The lowest BCUT2D eigenvalue weighted by atomic mass is 10.0. The zero-order chi connectivity index (χ0) is 50.1. The van der Waals surface area contributed by atoms with E-state index in [0.29, 0.717) is 11.3 Å². The van der Waals surface area contributed by atoms with Gasteiger partial charge >= 0.3 is 11.9 Å². The van der Waals surface area contributed by atoms with Gasteiger partial charge in [0.15, 0.2) is 0 Å². The number of carbonyl (C=O) groups is 10. The SMILES string of the molecule is CC(C)[C@H](NC(=O)[C@H](Cc1cnc[nH]1)NC(=O)[C@H](CC(=O)O)NC(=O)[C@@H](NC(=O)[C@H](CS)NC(=O)[C@H](CC(N)=O)NC(=O)[C@@H](N)Cc1c[nH]c2ccccc12)[C@@H](C)O)C(=O)N[C@@H](CS)C(=O)O. The fraction of sp³-hybridized carbons (Fsp3) is 0.475. The Kier molecular flexibility index (Phi) is 21.1. The lowest BCUT2D eigenvalue weighted by Crippen LogP contribution is -2.62. The van der Waals surface area contributed by atoms with Crippen molar-refractivity contribution in [2.75, 3.05) is 11.5 Å². The Hall–Kier alpha value is -6.71. The van der Waals surface area contributed by atoms with Crippen LogP contribution in [0.15, 0.2) is 43.0 Å². The number of thiol groups is 2. The van der Waals surface area contributed by atoms with Gasteiger partial charge in [-0.05, 0) is 30.9 Å². The quantitative estimate of drug-likeness (QED) is 0.0322. The average Bonchev–Trinajstić information content (AvgIpc) is 3.93. The molecule has 27 heteroatoms. The van der Waals surface area contributed by atoms with Crippen molar-refractivity contribution in [3.05, 3.63) is 54.2 Å². The van der Waals surface area contributed by atoms with Crippen LogP contribution in [-0.4, -0.2) is 155 Å². The lowest BCUT2D eigenvalue weighted by Gasteiger charge is -2.28. The van der Waals surface area contributed by atoms with E-state index in [0.717, 1.165) is 17.8 Å². The summed E-state index contributed by atoms with van der Waals surface area (Å²) in [5.74, 6) is -12.7. The number of nitrogens with zero attached hydrogens (tertiary/aromatic N) is 1. The van der Waals surface area contributed by atoms with Gasteiger partial charge in [0, 0.05) is 46.9 Å². The molecule has 0 fully saturated rings. The lowest BCUT2D eigenvalue weighted by molar-refractivity contribution is -0.142. The molecule has 2 heterocycles. The number of nitrogens with two attached hydrogens (primary N) is 2. The van der Waals surface area contributed by atoms with Crippen molar-refractivity contribution in [2.45, 2.75) is 101 Å². The van der Waals surface area contributed by atoms with Crippen LogP contribution in [0.2, 0.25) is 0 Å². The number of benzene rings is 1. The van der Waals surface area contributed by atoms with Crippen LogP contribution in [0.25, 0.3) is 10.9 Å². The Labute approximate surface area is 393 Å². The minimum atomic E-state index is -1.96. The van der Waals surface area contributed by atoms with Crippen molar-refractivity contribution in [1.82, 2.24) is 52.2 Å². The molecule has 2 aromatic heterocycles. The van der Waals surface area contributed by atoms with E-state index in [9.17, 15) is 63.3 Å². The number of aliphatic hydroxyl groups is 1. The van der Waals surface area contributed by atoms with Crippen molar-refractivity contribution in [1.29, 1.82) is 0 Å². The highest BCUT2D eigenvalue weighted by Crippen LogP contribution is 2.19. The first kappa shape index (κ1) is 54.6. The van der Waals surface area contributed by atoms with Crippen LogP contribution in [0.1, 0.15) is 44.9 Å². The molecular weight excluding hydrogens is 921 g/mol. The van der Waals surface area contributed by atoms with E-state index in [2.05, 4.69) is 77.4 Å². The number of carboxylic acids is 2. The topological polar surface area (TPSA) is 412 Å². The van der Waals surface area contributed by atoms with Crippen LogP contribution in [0.5, 0.6) is 0 Å². The number of carbonyl (C=O) groups excluding carboxylic acids is 8. The fourth-order valence-electron chi connectivity index (χ4n) is 6.42. The van der Waals surface area contributed by atoms with Crippen LogP contribution in [0.3, 0.4) is 0 Å². The highest BCUT2D eigenvalue weighted by Gasteiger charge is 2.37. The van der Waals surface area contributed by atoms with Crippen LogP contribution in [0, 0.1) is 5.92 Å². The zero-order valence-corrected chi connectivity index (χ0v) is 38.3. The molecule has 0 aliphatic heterocycles. The molecule has 0 saturated carbocycles. The number of fused-ring (bicyclic) bond motifs is 1. The highest BCUT2D eigenvalue weighted by molar-refractivity contribution is 7.80. The number of aromatic amines is 2. The number of para-hydroxylation sites is 1. The molecule has 0 aliphatic carbocycles. The molecule has 0 saturated heterocycles. The molecule has 16 N–H and O–H groups in total. The number of aromatic nitrogens is 3. The van der Waals surface area contributed by atoms with Gasteiger partial charge < -0.3 is 74.0 Å². The number of hydrogen-bond acceptors (Lipinski definition) is 15. The van der Waals surface area contributed by atoms with Crippen LogP contribution in [-0.2, 0) is 60.8 Å². The number of aliphatic carboxylic acids is 2. The number of nitrogens with one attached hydrogen (secondary N) is 9. The van der Waals surface area contributed by atoms with E-state index < -0.39 is 138 Å². The van der Waals surface area contributed by atoms with Crippen molar-refractivity contribution in [3.8, 4) is 0 Å². The summed E-state index contributed by atoms with van der Waals surface area (Å²) in [6.07, 6.45) is 0.456. The van der Waals surface area contributed by atoms with E-state index in [4.69, 9.17) is 11.5 Å². The first-order valence-corrected chi connectivity index (χ1v) is 21.9. The Morgan fingerprint density at radius 1 is 0.657 bits per heavy atom. The van der Waals surface area contributed by atoms with Crippen LogP contribution in [0.4, 0.5) is 0 Å². The summed E-state index contributed by atoms with van der Waals surface area (Å²) in [7, 11) is 0. The third-order valence-corrected chi connectivity index (χ3v) is 10.8. The molecule has 67 heavy (non-hydrogen) atoms. The Morgan fingerprint density at radius 3 is 1.73 bits per heavy atom. The van der Waals surface area contributed by atoms with E-state index in [-0.39, 0.29) is 18.6 Å². The summed E-state index contributed by atoms with van der Waals surface area (Å²) in [4.78, 5) is 139. The maximum Gasteiger partial charge on any atom is 0.327 e. The van der Waals surface area contributed by atoms with Crippen molar-refractivity contribution < 1.29 is 63.3 Å². The number of hydrogen-bond donors (Lipinski definition) is 16. The highest BCUT2D eigenvalue weighted by atomic mass is 32.1. The average molecular weight is 977 g/mol. The Balaban J connectivity index is 1.76. The minimum absolute atomic E-state index is 0.0369. The minimum Gasteiger partial charge on any atom is -0.481 e. The predicted molar refractivity (Wildman–Crippen MR) is 244 cm³/mol. The third kappa shape index (κ3) is 16.6. The first-order valence-electron chi connectivity index (χ1n) is 20.6. The van der Waals surface area contributed by atoms with E-state index in [1.54, 1.807) is 26.1 Å². The molecule has 0 bridgehead atoms. The summed E-state index contributed by atoms with van der Waals surface area (Å²) >= 11 is 8.02. The molecule has 3 aromatic rings. The summed E-state index contributed by atoms with van der Waals surface area (Å²) in [6, 6.07) is -5.35. The number of primary amides is 1. The molecule has 3 rings (SSSR count). The molecule has 0 aliphatic rings. The van der Waals surface area contributed by atoms with Gasteiger partial charge in [-0.25, -0.2) is 9.78 Å². The fourth-order valence-corrected chi connectivity index (χ4v) is 6.93. The van der Waals surface area contributed by atoms with Crippen LogP contribution < -0.4 is 48.7 Å². The smallest absolute Gasteiger partial charge is 0.327 e. The van der Waals surface area contributed by atoms with E-state index in [1.807, 2.05) is 18.2 Å². The van der Waals surface area contributed by atoms with Gasteiger partial charge in [-0.2, -0.15) is 25.3 Å². The van der Waals surface area contributed by atoms with Gasteiger partial charge in [0.05, 0.1) is 31.3 Å². The largest absolute Gasteiger partial charge is 0.481 e. The van der Waals surface area contributed by atoms with Crippen LogP contribution >= 0.6 is 25.3 Å². The first-order chi connectivity index (χ1) is 31.6. The normalized spacial score (nSPS) is 15.2. The van der Waals surface area contributed by atoms with Gasteiger partial charge in [0.2, 0.25) is 47.3 Å². The predicted octanol–water partition coefficient (Wildman–Crippen LogP) is -4.27. The molecule has 0 radical (unpaired) electrons. The second-order valence-electron chi connectivity index (χ2n) is 15.7. The molecule has 25 nitrogen and oxygen atoms in total. The standard InChI is InChI=1S/C40H56N12O13S2/c1-17(2)31(38(62)50-28(15-67)40(64)65)51-36(60)24(9-20-13-43-16-45-20)47-35(59)26(11-30(55)56)48-39(63)32(18(3)53)52-37(61)27(14-66)49-34(58)25(10-29(42)54)46-33(57)22(41)8-19-12-44-23-7-5-4-6-21(19)23/h4-7,12-13,16-18,22,24-28,31-32,44,53,66-67H,8-11,14-15,41H2,1-3H3,(H2,42,54)(H,43,45)(H,46,57)(H,47,59)(H,48,63)(H,49,58)(H,50,62)(H,51,60)(H,52,61)(H,55,56)(H,64,65)/t18-,22+,24+,25+,26+,27+,28+,31+,32+/m1/s1. The van der Waals surface area contributed by atoms with E-state index in [1.165, 1.54) is 12.5 Å². The number of H-pyrrole nitrogens is 2. The number of aliphatic hydroxyl groups excluding tert-OH is 1. The second-order valence-corrected chi connectivity index (χ2v) is 16.4. The number of rotatable bonds is 27. The van der Waals surface area contributed by atoms with Crippen molar-refractivity contribution in [2.24, 2.45) is 17.4 Å². The van der Waals surface area contributed by atoms with E-state index >= 15 is 0 Å². The van der Waals surface area contributed by atoms with Crippen molar-refractivity contribution in [3.63, 3.8) is 0 Å². The molecule has 1 aromatic carbocycles. The van der Waals surface area contributed by atoms with Gasteiger partial charge in [0.1, 0.15) is 42.3 Å². The number of imidazole rings is 1. The molecule has 366 valence electrons. The summed E-state index contributed by atoms with van der Waals surface area (Å²) < 4.78 is 0. The second kappa shape index (κ2) is 25.8. The van der Waals surface area contributed by atoms with Gasteiger partial charge in [-0.1, -0.05) is 32.0 Å². The molecular formula is C40H56N12O13S2. The third-order valence-electron chi connectivity index (χ3n) is 10.0. The number of carboxylic acid groups (broad SMARTS) is 2. The molecule has 9 atom stereocenters. The molecule has 0 unspecified atom stereocenters.